The summed E-state index contributed by atoms with van der Waals surface area (Å²) in [6.45, 7) is 2.49. The second-order valence-electron chi connectivity index (χ2n) is 15.0. The van der Waals surface area contributed by atoms with E-state index < -0.39 is 21.7 Å². The van der Waals surface area contributed by atoms with Crippen molar-refractivity contribution in [2.24, 2.45) is 0 Å². The minimum Gasteiger partial charge on any atom is -0.368 e. The number of hydrogen-bond donors (Lipinski definition) is 1. The zero-order valence-electron chi connectivity index (χ0n) is 29.9. The number of piperazine rings is 1. The van der Waals surface area contributed by atoms with E-state index in [0.717, 1.165) is 48.5 Å². The van der Waals surface area contributed by atoms with Crippen molar-refractivity contribution in [3.63, 3.8) is 0 Å². The fourth-order valence-electron chi connectivity index (χ4n) is 8.21. The Morgan fingerprint density at radius 1 is 0.927 bits per heavy atom. The Kier molecular flexibility index (Phi) is 7.79. The van der Waals surface area contributed by atoms with E-state index in [1.54, 1.807) is 42.6 Å². The second kappa shape index (κ2) is 12.7. The molecule has 3 aromatic heterocycles. The highest BCUT2D eigenvalue weighted by atomic mass is 32.2. The average molecular weight is 759 g/mol. The van der Waals surface area contributed by atoms with Gasteiger partial charge in [0, 0.05) is 74.1 Å². The number of anilines is 3. The highest BCUT2D eigenvalue weighted by Gasteiger charge is 2.37. The van der Waals surface area contributed by atoms with E-state index in [1.165, 1.54) is 12.4 Å². The molecule has 4 fully saturated rings. The Hall–Kier alpha value is -5.72. The van der Waals surface area contributed by atoms with Crippen LogP contribution in [0.2, 0.25) is 0 Å². The summed E-state index contributed by atoms with van der Waals surface area (Å²) in [5.41, 5.74) is 1.31. The number of rotatable bonds is 8. The molecule has 55 heavy (non-hydrogen) atoms. The highest BCUT2D eigenvalue weighted by molar-refractivity contribution is 7.89. The number of fused-ring (bicyclic) bond motifs is 4. The molecule has 3 aromatic carbocycles. The molecule has 1 aliphatic carbocycles. The summed E-state index contributed by atoms with van der Waals surface area (Å²) in [5.74, 6) is 3.05. The van der Waals surface area contributed by atoms with E-state index in [-0.39, 0.29) is 33.6 Å². The Morgan fingerprint density at radius 3 is 2.47 bits per heavy atom. The van der Waals surface area contributed by atoms with Crippen LogP contribution in [0.1, 0.15) is 43.0 Å². The van der Waals surface area contributed by atoms with Crippen LogP contribution < -0.4 is 20.0 Å². The monoisotopic (exact) mass is 758 g/mol. The summed E-state index contributed by atoms with van der Waals surface area (Å²) >= 11 is 0. The van der Waals surface area contributed by atoms with Gasteiger partial charge in [-0.15, -0.1) is 15.6 Å². The van der Waals surface area contributed by atoms with Crippen molar-refractivity contribution in [3.8, 4) is 23.6 Å². The number of likely N-dealkylation sites (N-methyl/N-ethyl adjacent to an activating group) is 1. The fraction of sp³-hybridized carbons (Fsp3) is 0.325. The van der Waals surface area contributed by atoms with Gasteiger partial charge in [-0.2, -0.15) is 13.4 Å². The molecule has 6 aromatic rings. The summed E-state index contributed by atoms with van der Waals surface area (Å²) in [6, 6.07) is 15.6. The lowest BCUT2D eigenvalue weighted by Gasteiger charge is -2.45. The molecule has 2 bridgehead atoms. The number of terminal acetylenes is 1. The largest absolute Gasteiger partial charge is 0.368 e. The van der Waals surface area contributed by atoms with Gasteiger partial charge in [-0.3, -0.25) is 4.98 Å². The van der Waals surface area contributed by atoms with E-state index in [2.05, 4.69) is 31.2 Å². The van der Waals surface area contributed by atoms with Crippen molar-refractivity contribution in [2.45, 2.75) is 54.6 Å². The number of pyridine rings is 1. The Balaban J connectivity index is 0.986. The van der Waals surface area contributed by atoms with Gasteiger partial charge in [-0.05, 0) is 55.3 Å². The summed E-state index contributed by atoms with van der Waals surface area (Å²) in [5, 5.41) is 9.49. The first-order chi connectivity index (χ1) is 26.7. The summed E-state index contributed by atoms with van der Waals surface area (Å²) in [6.07, 6.45) is 12.7. The standard InChI is InChI=1S/C40H36F2N10O2S/c1-3-30-33(41)15-12-23-6-4-9-31(34(23)30)36-35(42)37-32(17-43-36)39(50-18-25-13-14-26(19-50)45-25)47-40(46-37)51-20-28(21-51)49(2)27-7-5-8-29(16-27)55(53,54)52-22-44-38(48-52)24-10-11-24/h1,4-9,12,15-17,22,24-26,28,45H,10-11,13-14,18-21H2,2H3/t25-,26+. The van der Waals surface area contributed by atoms with Crippen molar-refractivity contribution in [1.29, 1.82) is 0 Å². The Morgan fingerprint density at radius 2 is 1.71 bits per heavy atom. The predicted octanol–water partition coefficient (Wildman–Crippen LogP) is 5.08. The molecule has 6 heterocycles. The van der Waals surface area contributed by atoms with Crippen LogP contribution in [0.4, 0.5) is 26.2 Å². The molecule has 278 valence electrons. The molecule has 1 saturated carbocycles. The van der Waals surface area contributed by atoms with E-state index >= 15 is 4.39 Å². The van der Waals surface area contributed by atoms with Gasteiger partial charge in [-0.1, -0.05) is 36.3 Å². The Bertz CT molecular complexity index is 2680. The highest BCUT2D eigenvalue weighted by Crippen LogP contribution is 2.39. The van der Waals surface area contributed by atoms with Gasteiger partial charge in [0.2, 0.25) is 5.95 Å². The molecular formula is C40H36F2N10O2S. The maximum atomic E-state index is 17.0. The fourth-order valence-corrected chi connectivity index (χ4v) is 9.31. The summed E-state index contributed by atoms with van der Waals surface area (Å²) in [4.78, 5) is 25.1. The molecule has 3 saturated heterocycles. The molecule has 4 aliphatic rings. The summed E-state index contributed by atoms with van der Waals surface area (Å²) < 4.78 is 59.8. The minimum atomic E-state index is -3.93. The zero-order valence-corrected chi connectivity index (χ0v) is 30.7. The molecule has 0 unspecified atom stereocenters. The smallest absolute Gasteiger partial charge is 0.284 e. The molecule has 10 rings (SSSR count). The van der Waals surface area contributed by atoms with Gasteiger partial charge >= 0.3 is 0 Å². The van der Waals surface area contributed by atoms with Gasteiger partial charge < -0.3 is 20.0 Å². The quantitative estimate of drug-likeness (QED) is 0.209. The van der Waals surface area contributed by atoms with Gasteiger partial charge in [-0.25, -0.2) is 18.7 Å². The third-order valence-corrected chi connectivity index (χ3v) is 13.0. The van der Waals surface area contributed by atoms with Crippen molar-refractivity contribution in [3.05, 3.63) is 90.1 Å². The van der Waals surface area contributed by atoms with Crippen molar-refractivity contribution < 1.29 is 17.2 Å². The maximum Gasteiger partial charge on any atom is 0.284 e. The first kappa shape index (κ1) is 33.8. The van der Waals surface area contributed by atoms with Crippen LogP contribution in [-0.4, -0.2) is 88.9 Å². The lowest BCUT2D eigenvalue weighted by molar-refractivity contribution is 0.462. The van der Waals surface area contributed by atoms with Gasteiger partial charge in [0.15, 0.2) is 11.6 Å². The molecule has 1 N–H and O–H groups in total. The Labute approximate surface area is 316 Å². The van der Waals surface area contributed by atoms with Crippen LogP contribution in [0.25, 0.3) is 32.9 Å². The van der Waals surface area contributed by atoms with Crippen LogP contribution >= 0.6 is 0 Å². The first-order valence-corrected chi connectivity index (χ1v) is 19.9. The lowest BCUT2D eigenvalue weighted by Crippen LogP contribution is -2.59. The van der Waals surface area contributed by atoms with Crippen molar-refractivity contribution >= 4 is 49.2 Å². The predicted molar refractivity (Wildman–Crippen MR) is 206 cm³/mol. The van der Waals surface area contributed by atoms with E-state index in [4.69, 9.17) is 16.4 Å². The van der Waals surface area contributed by atoms with Crippen LogP contribution in [0.15, 0.2) is 72.0 Å². The topological polar surface area (TPSA) is 125 Å². The molecule has 15 heteroatoms. The third-order valence-electron chi connectivity index (χ3n) is 11.5. The molecule has 3 aliphatic heterocycles. The van der Waals surface area contributed by atoms with Crippen LogP contribution in [-0.2, 0) is 10.0 Å². The zero-order chi connectivity index (χ0) is 37.6. The number of nitrogens with zero attached hydrogens (tertiary/aromatic N) is 9. The molecule has 0 radical (unpaired) electrons. The van der Waals surface area contributed by atoms with Gasteiger partial charge in [0.05, 0.1) is 21.9 Å². The van der Waals surface area contributed by atoms with E-state index in [1.807, 2.05) is 29.0 Å². The molecule has 12 nitrogen and oxygen atoms in total. The van der Waals surface area contributed by atoms with Gasteiger partial charge in [0.1, 0.15) is 29.2 Å². The van der Waals surface area contributed by atoms with Crippen LogP contribution in [0.5, 0.6) is 0 Å². The summed E-state index contributed by atoms with van der Waals surface area (Å²) in [7, 11) is -2.00. The van der Waals surface area contributed by atoms with E-state index in [9.17, 15) is 12.8 Å². The second-order valence-corrected chi connectivity index (χ2v) is 16.8. The lowest BCUT2D eigenvalue weighted by atomic mass is 9.96. The number of halogens is 2. The maximum absolute atomic E-state index is 17.0. The minimum absolute atomic E-state index is 0.00539. The molecule has 2 atom stereocenters. The molecule has 0 amide bonds. The van der Waals surface area contributed by atoms with Crippen LogP contribution in [0.3, 0.4) is 0 Å². The third kappa shape index (κ3) is 5.65. The number of nitrogens with one attached hydrogen (secondary N) is 1. The van der Waals surface area contributed by atoms with Crippen molar-refractivity contribution in [1.82, 2.24) is 34.4 Å². The van der Waals surface area contributed by atoms with Gasteiger partial charge in [0.25, 0.3) is 10.0 Å². The van der Waals surface area contributed by atoms with Crippen molar-refractivity contribution in [2.75, 3.05) is 47.9 Å². The molecular weight excluding hydrogens is 723 g/mol. The number of benzene rings is 3. The normalized spacial score (nSPS) is 19.9. The van der Waals surface area contributed by atoms with Crippen LogP contribution in [0, 0.1) is 24.0 Å². The first-order valence-electron chi connectivity index (χ1n) is 18.5. The SMILES string of the molecule is C#Cc1c(F)ccc2cccc(-c3ncc4c(N5C[C@H]6CC[C@@H](C5)N6)nc(N5CC(N(C)c6cccc(S(=O)(=O)n7cnc(C8CC8)n7)c6)C5)nc4c3F)c12. The van der Waals surface area contributed by atoms with E-state index in [0.29, 0.717) is 64.5 Å². The number of hydrogen-bond acceptors (Lipinski definition) is 11. The molecule has 0 spiro atoms. The number of aromatic nitrogens is 6. The average Bonchev–Trinajstić information content (AvgIpc) is 3.80.